The summed E-state index contributed by atoms with van der Waals surface area (Å²) in [4.78, 5) is 31.9. The summed E-state index contributed by atoms with van der Waals surface area (Å²) in [6, 6.07) is 12.4. The molecule has 4 rings (SSSR count). The van der Waals surface area contributed by atoms with Crippen LogP contribution in [0.25, 0.3) is 0 Å². The van der Waals surface area contributed by atoms with Crippen molar-refractivity contribution in [3.63, 3.8) is 0 Å². The Labute approximate surface area is 216 Å². The van der Waals surface area contributed by atoms with Crippen LogP contribution in [0, 0.1) is 6.92 Å². The van der Waals surface area contributed by atoms with E-state index in [4.69, 9.17) is 9.47 Å². The highest BCUT2D eigenvalue weighted by molar-refractivity contribution is 6.06. The second-order valence-corrected chi connectivity index (χ2v) is 8.68. The van der Waals surface area contributed by atoms with E-state index in [0.29, 0.717) is 47.5 Å². The van der Waals surface area contributed by atoms with E-state index in [2.05, 4.69) is 20.7 Å². The Kier molecular flexibility index (Phi) is 7.76. The number of aromatic nitrogens is 3. The first-order valence-corrected chi connectivity index (χ1v) is 12.2. The Hall–Kier alpha value is -4.34. The Morgan fingerprint density at radius 2 is 1.81 bits per heavy atom. The minimum atomic E-state index is -0.565. The van der Waals surface area contributed by atoms with E-state index in [-0.39, 0.29) is 18.4 Å². The maximum atomic E-state index is 13.5. The maximum Gasteiger partial charge on any atom is 0.260 e. The standard InChI is InChI=1S/C27H32N6O4/c1-6-32(7-2)23(34)15-37-21-13-10-19(14-22(21)36-5)25-24(18(4)30-27-28-16-29-33(25)27)26(35)31-20-11-8-17(3)9-12-20/h8-14,16,25H,6-7,15H2,1-5H3,(H,31,35)(H,28,29,30). The van der Waals surface area contributed by atoms with Gasteiger partial charge in [0.05, 0.1) is 12.7 Å². The highest BCUT2D eigenvalue weighted by Gasteiger charge is 2.34. The van der Waals surface area contributed by atoms with Crippen LogP contribution in [-0.2, 0) is 9.59 Å². The van der Waals surface area contributed by atoms with Crippen molar-refractivity contribution in [2.24, 2.45) is 0 Å². The van der Waals surface area contributed by atoms with Gasteiger partial charge in [0.2, 0.25) is 5.95 Å². The molecule has 37 heavy (non-hydrogen) atoms. The van der Waals surface area contributed by atoms with Gasteiger partial charge in [0, 0.05) is 24.5 Å². The van der Waals surface area contributed by atoms with Gasteiger partial charge in [0.15, 0.2) is 18.1 Å². The monoisotopic (exact) mass is 504 g/mol. The molecule has 0 spiro atoms. The van der Waals surface area contributed by atoms with Gasteiger partial charge in [0.25, 0.3) is 11.8 Å². The molecule has 0 aliphatic carbocycles. The number of nitrogens with one attached hydrogen (secondary N) is 2. The molecule has 1 atom stereocenters. The molecule has 1 aliphatic heterocycles. The Balaban J connectivity index is 1.65. The first-order valence-electron chi connectivity index (χ1n) is 12.2. The number of rotatable bonds is 9. The van der Waals surface area contributed by atoms with Crippen molar-refractivity contribution in [3.05, 3.63) is 71.2 Å². The number of nitrogens with zero attached hydrogens (tertiary/aromatic N) is 4. The molecule has 0 bridgehead atoms. The molecule has 1 aromatic heterocycles. The lowest BCUT2D eigenvalue weighted by atomic mass is 9.94. The van der Waals surface area contributed by atoms with Crippen molar-refractivity contribution in [2.75, 3.05) is 37.4 Å². The maximum absolute atomic E-state index is 13.5. The fourth-order valence-corrected chi connectivity index (χ4v) is 4.31. The molecular formula is C27H32N6O4. The SMILES string of the molecule is CCN(CC)C(=O)COc1ccc(C2C(C(=O)Nc3ccc(C)cc3)=C(C)Nc3ncnn32)cc1OC. The van der Waals surface area contributed by atoms with E-state index in [0.717, 1.165) is 11.1 Å². The number of hydrogen-bond donors (Lipinski definition) is 2. The van der Waals surface area contributed by atoms with Gasteiger partial charge in [-0.25, -0.2) is 4.68 Å². The number of methoxy groups -OCH3 is 1. The summed E-state index contributed by atoms with van der Waals surface area (Å²) in [6.07, 6.45) is 1.44. The van der Waals surface area contributed by atoms with Gasteiger partial charge >= 0.3 is 0 Å². The van der Waals surface area contributed by atoms with Gasteiger partial charge in [-0.2, -0.15) is 10.1 Å². The molecule has 0 fully saturated rings. The van der Waals surface area contributed by atoms with Crippen LogP contribution in [0.1, 0.15) is 37.9 Å². The van der Waals surface area contributed by atoms with Crippen molar-refractivity contribution in [1.29, 1.82) is 0 Å². The number of ether oxygens (including phenoxy) is 2. The number of likely N-dealkylation sites (N-methyl/N-ethyl adjacent to an activating group) is 1. The predicted octanol–water partition coefficient (Wildman–Crippen LogP) is 3.77. The lowest BCUT2D eigenvalue weighted by molar-refractivity contribution is -0.133. The van der Waals surface area contributed by atoms with E-state index in [9.17, 15) is 9.59 Å². The molecule has 194 valence electrons. The van der Waals surface area contributed by atoms with Crippen molar-refractivity contribution in [3.8, 4) is 11.5 Å². The van der Waals surface area contributed by atoms with E-state index in [1.165, 1.54) is 13.4 Å². The average molecular weight is 505 g/mol. The van der Waals surface area contributed by atoms with Gasteiger partial charge in [-0.1, -0.05) is 23.8 Å². The number of allylic oxidation sites excluding steroid dienone is 1. The summed E-state index contributed by atoms with van der Waals surface area (Å²) in [6.45, 7) is 8.82. The normalized spacial score (nSPS) is 14.5. The van der Waals surface area contributed by atoms with Crippen molar-refractivity contribution < 1.29 is 19.1 Å². The van der Waals surface area contributed by atoms with Crippen LogP contribution in [0.15, 0.2) is 60.1 Å². The Bertz CT molecular complexity index is 1310. The lowest BCUT2D eigenvalue weighted by Gasteiger charge is -2.29. The number of carbonyl (C=O) groups excluding carboxylic acids is 2. The molecule has 0 radical (unpaired) electrons. The summed E-state index contributed by atoms with van der Waals surface area (Å²) in [5.41, 5.74) is 3.70. The van der Waals surface area contributed by atoms with Crippen LogP contribution in [0.2, 0.25) is 0 Å². The fourth-order valence-electron chi connectivity index (χ4n) is 4.31. The van der Waals surface area contributed by atoms with Gasteiger partial charge in [0.1, 0.15) is 12.4 Å². The minimum Gasteiger partial charge on any atom is -0.493 e. The number of benzene rings is 2. The number of fused-ring (bicyclic) bond motifs is 1. The van der Waals surface area contributed by atoms with Gasteiger partial charge < -0.3 is 25.0 Å². The third-order valence-corrected chi connectivity index (χ3v) is 6.32. The smallest absolute Gasteiger partial charge is 0.260 e. The molecule has 2 aromatic carbocycles. The summed E-state index contributed by atoms with van der Waals surface area (Å²) in [5.74, 6) is 1.05. The number of carbonyl (C=O) groups is 2. The minimum absolute atomic E-state index is 0.0961. The first kappa shape index (κ1) is 25.7. The average Bonchev–Trinajstić information content (AvgIpc) is 3.36. The molecule has 10 nitrogen and oxygen atoms in total. The zero-order chi connectivity index (χ0) is 26.5. The summed E-state index contributed by atoms with van der Waals surface area (Å²) < 4.78 is 13.1. The van der Waals surface area contributed by atoms with Crippen molar-refractivity contribution in [2.45, 2.75) is 33.7 Å². The Morgan fingerprint density at radius 1 is 1.08 bits per heavy atom. The molecule has 0 saturated heterocycles. The largest absolute Gasteiger partial charge is 0.493 e. The molecule has 2 amide bonds. The van der Waals surface area contributed by atoms with Crippen LogP contribution in [-0.4, -0.2) is 58.3 Å². The topological polar surface area (TPSA) is 111 Å². The van der Waals surface area contributed by atoms with Gasteiger partial charge in [-0.3, -0.25) is 9.59 Å². The summed E-state index contributed by atoms with van der Waals surface area (Å²) in [5, 5.41) is 10.5. The lowest BCUT2D eigenvalue weighted by Crippen LogP contribution is -2.34. The number of anilines is 2. The highest BCUT2D eigenvalue weighted by atomic mass is 16.5. The quantitative estimate of drug-likeness (QED) is 0.456. The summed E-state index contributed by atoms with van der Waals surface area (Å²) >= 11 is 0. The molecule has 10 heteroatoms. The third-order valence-electron chi connectivity index (χ3n) is 6.32. The first-order chi connectivity index (χ1) is 17.9. The van der Waals surface area contributed by atoms with Crippen LogP contribution in [0.4, 0.5) is 11.6 Å². The fraction of sp³-hybridized carbons (Fsp3) is 0.333. The Morgan fingerprint density at radius 3 is 2.49 bits per heavy atom. The van der Waals surface area contributed by atoms with E-state index < -0.39 is 6.04 Å². The van der Waals surface area contributed by atoms with Gasteiger partial charge in [-0.05, 0) is 57.5 Å². The molecule has 0 saturated carbocycles. The molecular weight excluding hydrogens is 472 g/mol. The van der Waals surface area contributed by atoms with Crippen LogP contribution in [0.3, 0.4) is 0 Å². The predicted molar refractivity (Wildman–Crippen MR) is 141 cm³/mol. The molecule has 2 heterocycles. The molecule has 2 N–H and O–H groups in total. The van der Waals surface area contributed by atoms with Crippen molar-refractivity contribution >= 4 is 23.5 Å². The number of hydrogen-bond acceptors (Lipinski definition) is 7. The van der Waals surface area contributed by atoms with E-state index >= 15 is 0 Å². The van der Waals surface area contributed by atoms with Crippen LogP contribution in [0.5, 0.6) is 11.5 Å². The molecule has 1 aliphatic rings. The van der Waals surface area contributed by atoms with Crippen LogP contribution >= 0.6 is 0 Å². The van der Waals surface area contributed by atoms with Gasteiger partial charge in [-0.15, -0.1) is 0 Å². The second-order valence-electron chi connectivity index (χ2n) is 8.68. The summed E-state index contributed by atoms with van der Waals surface area (Å²) in [7, 11) is 1.54. The molecule has 3 aromatic rings. The highest BCUT2D eigenvalue weighted by Crippen LogP contribution is 2.38. The number of amides is 2. The zero-order valence-corrected chi connectivity index (χ0v) is 21.7. The second kappa shape index (κ2) is 11.2. The zero-order valence-electron chi connectivity index (χ0n) is 21.7. The van der Waals surface area contributed by atoms with Crippen molar-refractivity contribution in [1.82, 2.24) is 19.7 Å². The molecule has 1 unspecified atom stereocenters. The third kappa shape index (κ3) is 5.42. The van der Waals surface area contributed by atoms with E-state index in [1.807, 2.05) is 58.0 Å². The van der Waals surface area contributed by atoms with Crippen LogP contribution < -0.4 is 20.1 Å². The number of aryl methyl sites for hydroxylation is 1. The van der Waals surface area contributed by atoms with E-state index in [1.54, 1.807) is 21.7 Å².